The highest BCUT2D eigenvalue weighted by molar-refractivity contribution is 5.64. The van der Waals surface area contributed by atoms with Crippen molar-refractivity contribution in [2.45, 2.75) is 26.2 Å². The molecule has 1 nitrogen and oxygen atoms in total. The van der Waals surface area contributed by atoms with E-state index < -0.39 is 0 Å². The van der Waals surface area contributed by atoms with Crippen LogP contribution in [0.1, 0.15) is 31.7 Å². The summed E-state index contributed by atoms with van der Waals surface area (Å²) in [6.45, 7) is 6.62. The average molecular weight is 220 g/mol. The molecular formula is C14H17FO. The van der Waals surface area contributed by atoms with Crippen LogP contribution in [0.3, 0.4) is 0 Å². The molecule has 1 aromatic rings. The number of halogens is 1. The zero-order chi connectivity index (χ0) is 11.5. The minimum Gasteiger partial charge on any atom is -0.490 e. The second-order valence-electron chi connectivity index (χ2n) is 4.36. The zero-order valence-electron chi connectivity index (χ0n) is 9.63. The lowest BCUT2D eigenvalue weighted by Crippen LogP contribution is -2.01. The summed E-state index contributed by atoms with van der Waals surface area (Å²) in [6, 6.07) is 4.97. The summed E-state index contributed by atoms with van der Waals surface area (Å²) in [5, 5.41) is 0. The predicted octanol–water partition coefficient (Wildman–Crippen LogP) is 4.04. The van der Waals surface area contributed by atoms with Crippen LogP contribution in [0.2, 0.25) is 0 Å². The highest BCUT2D eigenvalue weighted by Gasteiger charge is 2.22. The molecular weight excluding hydrogens is 203 g/mol. The first-order valence-electron chi connectivity index (χ1n) is 5.81. The Hall–Kier alpha value is -1.31. The number of rotatable bonds is 5. The van der Waals surface area contributed by atoms with E-state index in [-0.39, 0.29) is 5.82 Å². The van der Waals surface area contributed by atoms with Gasteiger partial charge >= 0.3 is 0 Å². The van der Waals surface area contributed by atoms with Gasteiger partial charge in [-0.2, -0.15) is 0 Å². The van der Waals surface area contributed by atoms with Gasteiger partial charge in [0.1, 0.15) is 0 Å². The Morgan fingerprint density at radius 2 is 2.25 bits per heavy atom. The predicted molar refractivity (Wildman–Crippen MR) is 63.9 cm³/mol. The fourth-order valence-electron chi connectivity index (χ4n) is 1.53. The summed E-state index contributed by atoms with van der Waals surface area (Å²) < 4.78 is 18.9. The number of hydrogen-bond acceptors (Lipinski definition) is 1. The van der Waals surface area contributed by atoms with E-state index in [1.165, 1.54) is 18.9 Å². The second-order valence-corrected chi connectivity index (χ2v) is 4.36. The Bertz CT molecular complexity index is 394. The standard InChI is InChI=1S/C14H17FO/c1-3-10(2)12-6-7-13(15)14(8-12)16-9-11-4-5-11/h6-8,11H,2-5,9H2,1H3. The van der Waals surface area contributed by atoms with Crippen molar-refractivity contribution >= 4 is 5.57 Å². The van der Waals surface area contributed by atoms with Gasteiger partial charge in [-0.1, -0.05) is 19.6 Å². The first-order valence-corrected chi connectivity index (χ1v) is 5.81. The molecule has 0 atom stereocenters. The highest BCUT2D eigenvalue weighted by atomic mass is 19.1. The molecule has 0 bridgehead atoms. The zero-order valence-corrected chi connectivity index (χ0v) is 9.63. The Morgan fingerprint density at radius 3 is 2.88 bits per heavy atom. The molecule has 0 aromatic heterocycles. The van der Waals surface area contributed by atoms with Crippen LogP contribution in [0.5, 0.6) is 5.75 Å². The van der Waals surface area contributed by atoms with E-state index >= 15 is 0 Å². The van der Waals surface area contributed by atoms with Gasteiger partial charge in [-0.25, -0.2) is 4.39 Å². The molecule has 16 heavy (non-hydrogen) atoms. The van der Waals surface area contributed by atoms with E-state index in [0.29, 0.717) is 18.3 Å². The minimum absolute atomic E-state index is 0.284. The number of benzene rings is 1. The molecule has 0 radical (unpaired) electrons. The van der Waals surface area contributed by atoms with E-state index in [1.807, 2.05) is 6.92 Å². The molecule has 0 spiro atoms. The smallest absolute Gasteiger partial charge is 0.165 e. The van der Waals surface area contributed by atoms with Gasteiger partial charge in [-0.3, -0.25) is 0 Å². The van der Waals surface area contributed by atoms with Crippen molar-refractivity contribution in [2.24, 2.45) is 5.92 Å². The topological polar surface area (TPSA) is 9.23 Å². The lowest BCUT2D eigenvalue weighted by molar-refractivity contribution is 0.285. The first kappa shape index (κ1) is 11.2. The number of allylic oxidation sites excluding steroid dienone is 1. The van der Waals surface area contributed by atoms with E-state index in [2.05, 4.69) is 6.58 Å². The van der Waals surface area contributed by atoms with Crippen LogP contribution in [-0.4, -0.2) is 6.61 Å². The molecule has 1 fully saturated rings. The lowest BCUT2D eigenvalue weighted by atomic mass is 10.1. The number of ether oxygens (including phenoxy) is 1. The molecule has 2 heteroatoms. The molecule has 86 valence electrons. The van der Waals surface area contributed by atoms with Crippen molar-refractivity contribution in [3.63, 3.8) is 0 Å². The van der Waals surface area contributed by atoms with Crippen molar-refractivity contribution in [3.8, 4) is 5.75 Å². The molecule has 1 saturated carbocycles. The van der Waals surface area contributed by atoms with E-state index in [4.69, 9.17) is 4.74 Å². The molecule has 0 saturated heterocycles. The Labute approximate surface area is 95.9 Å². The van der Waals surface area contributed by atoms with E-state index in [0.717, 1.165) is 17.6 Å². The lowest BCUT2D eigenvalue weighted by Gasteiger charge is -2.09. The van der Waals surface area contributed by atoms with E-state index in [9.17, 15) is 4.39 Å². The molecule has 1 aromatic carbocycles. The normalized spacial score (nSPS) is 14.9. The SMILES string of the molecule is C=C(CC)c1ccc(F)c(OCC2CC2)c1. The van der Waals surface area contributed by atoms with Crippen LogP contribution < -0.4 is 4.74 Å². The average Bonchev–Trinajstić information content (AvgIpc) is 3.11. The van der Waals surface area contributed by atoms with Gasteiger partial charge in [0.05, 0.1) is 6.61 Å². The minimum atomic E-state index is -0.284. The number of hydrogen-bond donors (Lipinski definition) is 0. The second kappa shape index (κ2) is 4.69. The van der Waals surface area contributed by atoms with Crippen LogP contribution in [0.25, 0.3) is 5.57 Å². The van der Waals surface area contributed by atoms with Crippen LogP contribution >= 0.6 is 0 Å². The summed E-state index contributed by atoms with van der Waals surface area (Å²) in [6.07, 6.45) is 3.29. The maximum absolute atomic E-state index is 13.5. The molecule has 1 aliphatic carbocycles. The third kappa shape index (κ3) is 2.63. The van der Waals surface area contributed by atoms with Crippen molar-refractivity contribution in [2.75, 3.05) is 6.61 Å². The van der Waals surface area contributed by atoms with Gasteiger partial charge < -0.3 is 4.74 Å². The highest BCUT2D eigenvalue weighted by Crippen LogP contribution is 2.31. The fraction of sp³-hybridized carbons (Fsp3) is 0.429. The van der Waals surface area contributed by atoms with Crippen LogP contribution in [-0.2, 0) is 0 Å². The van der Waals surface area contributed by atoms with Crippen LogP contribution in [0.15, 0.2) is 24.8 Å². The maximum atomic E-state index is 13.5. The Morgan fingerprint density at radius 1 is 1.50 bits per heavy atom. The van der Waals surface area contributed by atoms with Crippen LogP contribution in [0, 0.1) is 11.7 Å². The summed E-state index contributed by atoms with van der Waals surface area (Å²) >= 11 is 0. The van der Waals surface area contributed by atoms with Crippen molar-refractivity contribution < 1.29 is 9.13 Å². The Kier molecular flexibility index (Phi) is 3.28. The summed E-state index contributed by atoms with van der Waals surface area (Å²) in [5.41, 5.74) is 1.98. The summed E-state index contributed by atoms with van der Waals surface area (Å²) in [5.74, 6) is 0.713. The third-order valence-electron chi connectivity index (χ3n) is 2.94. The van der Waals surface area contributed by atoms with Gasteiger partial charge in [-0.05, 0) is 48.4 Å². The molecule has 0 amide bonds. The van der Waals surface area contributed by atoms with Gasteiger partial charge in [0, 0.05) is 0 Å². The fourth-order valence-corrected chi connectivity index (χ4v) is 1.53. The summed E-state index contributed by atoms with van der Waals surface area (Å²) in [4.78, 5) is 0. The van der Waals surface area contributed by atoms with Gasteiger partial charge in [0.2, 0.25) is 0 Å². The van der Waals surface area contributed by atoms with Crippen molar-refractivity contribution in [3.05, 3.63) is 36.2 Å². The molecule has 0 unspecified atom stereocenters. The maximum Gasteiger partial charge on any atom is 0.165 e. The molecule has 0 aliphatic heterocycles. The largest absolute Gasteiger partial charge is 0.490 e. The van der Waals surface area contributed by atoms with Crippen LogP contribution in [0.4, 0.5) is 4.39 Å². The van der Waals surface area contributed by atoms with E-state index in [1.54, 1.807) is 12.1 Å². The Balaban J connectivity index is 2.11. The molecule has 2 rings (SSSR count). The van der Waals surface area contributed by atoms with Gasteiger partial charge in [0.25, 0.3) is 0 Å². The molecule has 1 aliphatic rings. The molecule has 0 heterocycles. The first-order chi connectivity index (χ1) is 7.70. The third-order valence-corrected chi connectivity index (χ3v) is 2.94. The quantitative estimate of drug-likeness (QED) is 0.727. The van der Waals surface area contributed by atoms with Gasteiger partial charge in [0.15, 0.2) is 11.6 Å². The van der Waals surface area contributed by atoms with Crippen molar-refractivity contribution in [1.82, 2.24) is 0 Å². The monoisotopic (exact) mass is 220 g/mol. The molecule has 0 N–H and O–H groups in total. The van der Waals surface area contributed by atoms with Gasteiger partial charge in [-0.15, -0.1) is 0 Å². The summed E-state index contributed by atoms with van der Waals surface area (Å²) in [7, 11) is 0. The van der Waals surface area contributed by atoms with Crippen molar-refractivity contribution in [1.29, 1.82) is 0 Å².